The van der Waals surface area contributed by atoms with Gasteiger partial charge in [-0.05, 0) is 18.2 Å². The molecule has 0 aliphatic rings. The third kappa shape index (κ3) is 2.48. The second kappa shape index (κ2) is 3.56. The summed E-state index contributed by atoms with van der Waals surface area (Å²) in [6, 6.07) is 8.03. The van der Waals surface area contributed by atoms with E-state index in [1.165, 1.54) is 0 Å². The van der Waals surface area contributed by atoms with Crippen LogP contribution in [0.25, 0.3) is 5.52 Å². The lowest BCUT2D eigenvalue weighted by Crippen LogP contribution is -2.16. The van der Waals surface area contributed by atoms with Crippen molar-refractivity contribution in [1.82, 2.24) is 9.61 Å². The van der Waals surface area contributed by atoms with Crippen molar-refractivity contribution in [2.45, 2.75) is 19.6 Å². The molecule has 0 fully saturated rings. The molecule has 0 unspecified atom stereocenters. The van der Waals surface area contributed by atoms with Crippen LogP contribution in [0.4, 0.5) is 0 Å². The van der Waals surface area contributed by atoms with Gasteiger partial charge in [-0.25, -0.2) is 4.52 Å². The molecule has 0 amide bonds. The lowest BCUT2D eigenvalue weighted by atomic mass is 10.4. The first kappa shape index (κ1) is 10.0. The van der Waals surface area contributed by atoms with Gasteiger partial charge in [0.1, 0.15) is 13.8 Å². The summed E-state index contributed by atoms with van der Waals surface area (Å²) in [7, 11) is -1.30. The second-order valence-corrected chi connectivity index (χ2v) is 9.35. The lowest BCUT2D eigenvalue weighted by Gasteiger charge is -2.02. The molecule has 0 aliphatic carbocycles. The Balaban J connectivity index is 2.41. The molecule has 2 rings (SSSR count). The van der Waals surface area contributed by atoms with Crippen LogP contribution in [-0.4, -0.2) is 17.7 Å². The van der Waals surface area contributed by atoms with Gasteiger partial charge >= 0.3 is 0 Å². The van der Waals surface area contributed by atoms with E-state index in [9.17, 15) is 0 Å². The van der Waals surface area contributed by atoms with Crippen molar-refractivity contribution < 1.29 is 0 Å². The van der Waals surface area contributed by atoms with Crippen molar-refractivity contribution >= 4 is 13.6 Å². The van der Waals surface area contributed by atoms with Crippen molar-refractivity contribution in [2.24, 2.45) is 0 Å². The van der Waals surface area contributed by atoms with E-state index in [2.05, 4.69) is 36.2 Å². The van der Waals surface area contributed by atoms with Gasteiger partial charge in [-0.1, -0.05) is 31.6 Å². The normalized spacial score (nSPS) is 11.1. The predicted octanol–water partition coefficient (Wildman–Crippen LogP) is 2.56. The van der Waals surface area contributed by atoms with Crippen molar-refractivity contribution in [1.29, 1.82) is 0 Å². The highest BCUT2D eigenvalue weighted by Gasteiger charge is 2.07. The van der Waals surface area contributed by atoms with Gasteiger partial charge in [0.25, 0.3) is 0 Å². The molecule has 0 spiro atoms. The predicted molar refractivity (Wildman–Crippen MR) is 65.4 cm³/mol. The van der Waals surface area contributed by atoms with Gasteiger partial charge in [-0.3, -0.25) is 0 Å². The highest BCUT2D eigenvalue weighted by Crippen LogP contribution is 2.05. The maximum atomic E-state index is 4.38. The summed E-state index contributed by atoms with van der Waals surface area (Å²) in [5.74, 6) is 3.15. The minimum Gasteiger partial charge on any atom is -0.240 e. The topological polar surface area (TPSA) is 17.3 Å². The smallest absolute Gasteiger partial charge is 0.135 e. The van der Waals surface area contributed by atoms with Crippen LogP contribution in [0.3, 0.4) is 0 Å². The maximum Gasteiger partial charge on any atom is 0.135 e. The molecule has 0 aliphatic heterocycles. The Morgan fingerprint density at radius 1 is 1.27 bits per heavy atom. The molecule has 76 valence electrons. The zero-order valence-corrected chi connectivity index (χ0v) is 10.3. The van der Waals surface area contributed by atoms with E-state index in [-0.39, 0.29) is 0 Å². The summed E-state index contributed by atoms with van der Waals surface area (Å²) in [4.78, 5) is 0. The van der Waals surface area contributed by atoms with Crippen molar-refractivity contribution in [3.63, 3.8) is 0 Å². The first-order valence-electron chi connectivity index (χ1n) is 5.02. The van der Waals surface area contributed by atoms with Crippen molar-refractivity contribution in [3.05, 3.63) is 36.2 Å². The van der Waals surface area contributed by atoms with Crippen LogP contribution in [0, 0.1) is 11.5 Å². The van der Waals surface area contributed by atoms with Crippen LogP contribution >= 0.6 is 0 Å². The van der Waals surface area contributed by atoms with Gasteiger partial charge in [0.2, 0.25) is 0 Å². The Morgan fingerprint density at radius 3 is 2.73 bits per heavy atom. The summed E-state index contributed by atoms with van der Waals surface area (Å²) in [5, 5.41) is 4.38. The molecule has 2 heterocycles. The minimum atomic E-state index is -1.30. The fourth-order valence-corrected chi connectivity index (χ4v) is 1.75. The average Bonchev–Trinajstić information content (AvgIpc) is 2.56. The van der Waals surface area contributed by atoms with E-state index in [1.54, 1.807) is 0 Å². The van der Waals surface area contributed by atoms with Crippen LogP contribution in [0.15, 0.2) is 30.5 Å². The molecule has 2 aromatic rings. The summed E-state index contributed by atoms with van der Waals surface area (Å²) < 4.78 is 1.86. The van der Waals surface area contributed by atoms with Gasteiger partial charge in [-0.2, -0.15) is 5.10 Å². The molecule has 2 aromatic heterocycles. The molecule has 0 atom stereocenters. The quantitative estimate of drug-likeness (QED) is 0.486. The van der Waals surface area contributed by atoms with Crippen molar-refractivity contribution in [2.75, 3.05) is 0 Å². The Labute approximate surface area is 90.9 Å². The highest BCUT2D eigenvalue weighted by atomic mass is 28.3. The van der Waals surface area contributed by atoms with E-state index >= 15 is 0 Å². The molecule has 3 heteroatoms. The number of hydrogen-bond donors (Lipinski definition) is 0. The average molecular weight is 214 g/mol. The number of pyridine rings is 1. The highest BCUT2D eigenvalue weighted by molar-refractivity contribution is 6.83. The van der Waals surface area contributed by atoms with Crippen LogP contribution in [0.2, 0.25) is 19.6 Å². The number of rotatable bonds is 0. The number of aromatic nitrogens is 2. The van der Waals surface area contributed by atoms with Gasteiger partial charge in [0, 0.05) is 6.20 Å². The second-order valence-electron chi connectivity index (χ2n) is 4.60. The molecule has 0 saturated carbocycles. The third-order valence-corrected chi connectivity index (χ3v) is 2.81. The fraction of sp³-hybridized carbons (Fsp3) is 0.250. The molecule has 15 heavy (non-hydrogen) atoms. The Kier molecular flexibility index (Phi) is 2.37. The Bertz CT molecular complexity index is 505. The monoisotopic (exact) mass is 214 g/mol. The lowest BCUT2D eigenvalue weighted by molar-refractivity contribution is 0.952. The standard InChI is InChI=1S/C12H14N2Si/c1-15(2,3)9-7-11-10-12-6-4-5-8-14(12)13-11/h4-6,8,10H,1-3H3. The minimum absolute atomic E-state index is 0.864. The van der Waals surface area contributed by atoms with Crippen LogP contribution in [0.1, 0.15) is 5.69 Å². The molecular formula is C12H14N2Si. The van der Waals surface area contributed by atoms with Crippen LogP contribution < -0.4 is 0 Å². The zero-order valence-electron chi connectivity index (χ0n) is 9.28. The van der Waals surface area contributed by atoms with Gasteiger partial charge < -0.3 is 0 Å². The fourth-order valence-electron chi connectivity index (χ4n) is 1.25. The summed E-state index contributed by atoms with van der Waals surface area (Å²) in [6.45, 7) is 6.70. The number of hydrogen-bond acceptors (Lipinski definition) is 1. The zero-order chi connectivity index (χ0) is 10.9. The van der Waals surface area contributed by atoms with Crippen LogP contribution in [0.5, 0.6) is 0 Å². The first-order valence-corrected chi connectivity index (χ1v) is 8.52. The molecule has 0 aromatic carbocycles. The van der Waals surface area contributed by atoms with Crippen molar-refractivity contribution in [3.8, 4) is 11.5 Å². The summed E-state index contributed by atoms with van der Waals surface area (Å²) in [5.41, 5.74) is 5.27. The molecule has 0 bridgehead atoms. The van der Waals surface area contributed by atoms with Crippen LogP contribution in [-0.2, 0) is 0 Å². The van der Waals surface area contributed by atoms with Gasteiger partial charge in [0.15, 0.2) is 0 Å². The molecule has 2 nitrogen and oxygen atoms in total. The van der Waals surface area contributed by atoms with Gasteiger partial charge in [-0.15, -0.1) is 5.54 Å². The Morgan fingerprint density at radius 2 is 2.07 bits per heavy atom. The molecule has 0 saturated heterocycles. The molecule has 0 N–H and O–H groups in total. The Hall–Kier alpha value is -1.53. The first-order chi connectivity index (χ1) is 7.04. The summed E-state index contributed by atoms with van der Waals surface area (Å²) in [6.07, 6.45) is 1.94. The van der Waals surface area contributed by atoms with Gasteiger partial charge in [0.05, 0.1) is 5.52 Å². The van der Waals surface area contributed by atoms with E-state index < -0.39 is 8.07 Å². The number of fused-ring (bicyclic) bond motifs is 1. The van der Waals surface area contributed by atoms with E-state index in [4.69, 9.17) is 0 Å². The SMILES string of the molecule is C[Si](C)(C)C#Cc1cc2ccccn2n1. The molecular weight excluding hydrogens is 200 g/mol. The largest absolute Gasteiger partial charge is 0.240 e. The van der Waals surface area contributed by atoms with E-state index in [0.717, 1.165) is 11.2 Å². The molecule has 0 radical (unpaired) electrons. The van der Waals surface area contributed by atoms with E-state index in [1.807, 2.05) is 35.0 Å². The maximum absolute atomic E-state index is 4.38. The van der Waals surface area contributed by atoms with E-state index in [0.29, 0.717) is 0 Å². The summed E-state index contributed by atoms with van der Waals surface area (Å²) >= 11 is 0. The number of nitrogens with zero attached hydrogens (tertiary/aromatic N) is 2. The third-order valence-electron chi connectivity index (χ3n) is 1.94.